The molecule has 2 aromatic rings. The van der Waals surface area contributed by atoms with Crippen molar-refractivity contribution >= 4 is 27.5 Å². The molecule has 1 nitrogen and oxygen atoms in total. The van der Waals surface area contributed by atoms with E-state index in [9.17, 15) is 4.39 Å². The topological polar surface area (TPSA) is 9.23 Å². The molecule has 0 bridgehead atoms. The summed E-state index contributed by atoms with van der Waals surface area (Å²) in [6.45, 7) is 2.50. The van der Waals surface area contributed by atoms with Crippen molar-refractivity contribution < 1.29 is 9.13 Å². The van der Waals surface area contributed by atoms with Crippen LogP contribution in [0.15, 0.2) is 46.9 Å². The van der Waals surface area contributed by atoms with E-state index in [4.69, 9.17) is 16.3 Å². The van der Waals surface area contributed by atoms with Gasteiger partial charge in [-0.25, -0.2) is 4.39 Å². The van der Waals surface area contributed by atoms with Gasteiger partial charge >= 0.3 is 0 Å². The van der Waals surface area contributed by atoms with E-state index in [1.807, 2.05) is 31.2 Å². The second kappa shape index (κ2) is 6.40. The minimum atomic E-state index is -0.375. The molecule has 0 saturated heterocycles. The molecule has 2 aromatic carbocycles. The molecule has 0 aliphatic carbocycles. The summed E-state index contributed by atoms with van der Waals surface area (Å²) in [7, 11) is 0. The molecule has 1 atom stereocenters. The van der Waals surface area contributed by atoms with Crippen molar-refractivity contribution in [1.29, 1.82) is 0 Å². The van der Waals surface area contributed by atoms with Gasteiger partial charge in [-0.15, -0.1) is 11.6 Å². The molecular formula is C15H13BrClFO. The molecule has 100 valence electrons. The molecule has 0 N–H and O–H groups in total. The Labute approximate surface area is 125 Å². The maximum atomic E-state index is 13.2. The number of rotatable bonds is 4. The Morgan fingerprint density at radius 1 is 1.26 bits per heavy atom. The summed E-state index contributed by atoms with van der Waals surface area (Å²) in [4.78, 5) is 0. The van der Waals surface area contributed by atoms with Crippen molar-refractivity contribution in [2.24, 2.45) is 0 Å². The first kappa shape index (κ1) is 14.4. The number of hydrogen-bond acceptors (Lipinski definition) is 1. The third kappa shape index (κ3) is 3.28. The normalized spacial score (nSPS) is 12.2. The van der Waals surface area contributed by atoms with Crippen molar-refractivity contribution in [3.05, 3.63) is 63.9 Å². The fraction of sp³-hybridized carbons (Fsp3) is 0.200. The number of hydrogen-bond donors (Lipinski definition) is 0. The van der Waals surface area contributed by atoms with Gasteiger partial charge in [-0.2, -0.15) is 0 Å². The van der Waals surface area contributed by atoms with Gasteiger partial charge in [0, 0.05) is 5.56 Å². The van der Waals surface area contributed by atoms with Crippen LogP contribution in [-0.4, -0.2) is 6.61 Å². The predicted octanol–water partition coefficient (Wildman–Crippen LogP) is 5.32. The summed E-state index contributed by atoms with van der Waals surface area (Å²) < 4.78 is 19.2. The van der Waals surface area contributed by atoms with E-state index in [1.165, 1.54) is 6.07 Å². The van der Waals surface area contributed by atoms with Crippen LogP contribution in [0.4, 0.5) is 4.39 Å². The zero-order chi connectivity index (χ0) is 13.8. The summed E-state index contributed by atoms with van der Waals surface area (Å²) in [5, 5.41) is -0.375. The number of alkyl halides is 1. The smallest absolute Gasteiger partial charge is 0.137 e. The van der Waals surface area contributed by atoms with Crippen molar-refractivity contribution in [1.82, 2.24) is 0 Å². The van der Waals surface area contributed by atoms with Gasteiger partial charge in [0.25, 0.3) is 0 Å². The number of benzene rings is 2. The van der Waals surface area contributed by atoms with Crippen LogP contribution in [0.5, 0.6) is 5.75 Å². The standard InChI is InChI=1S/C15H13BrClFO/c1-2-19-14-6-4-3-5-11(14)15(17)10-7-8-13(18)12(16)9-10/h3-9,15H,2H2,1H3. The average molecular weight is 344 g/mol. The maximum Gasteiger partial charge on any atom is 0.137 e. The van der Waals surface area contributed by atoms with Gasteiger partial charge in [0.2, 0.25) is 0 Å². The van der Waals surface area contributed by atoms with Crippen molar-refractivity contribution in [2.75, 3.05) is 6.61 Å². The summed E-state index contributed by atoms with van der Waals surface area (Å²) in [6.07, 6.45) is 0. The molecule has 1 unspecified atom stereocenters. The average Bonchev–Trinajstić information content (AvgIpc) is 2.42. The first-order valence-electron chi connectivity index (χ1n) is 5.94. The van der Waals surface area contributed by atoms with Crippen LogP contribution in [0.3, 0.4) is 0 Å². The van der Waals surface area contributed by atoms with Gasteiger partial charge < -0.3 is 4.74 Å². The molecule has 0 spiro atoms. The third-order valence-electron chi connectivity index (χ3n) is 2.73. The van der Waals surface area contributed by atoms with Crippen LogP contribution in [0.25, 0.3) is 0 Å². The SMILES string of the molecule is CCOc1ccccc1C(Cl)c1ccc(F)c(Br)c1. The Balaban J connectivity index is 2.37. The van der Waals surface area contributed by atoms with Crippen LogP contribution in [0.1, 0.15) is 23.4 Å². The Morgan fingerprint density at radius 2 is 2.00 bits per heavy atom. The molecule has 0 amide bonds. The molecule has 0 saturated carbocycles. The second-order valence-electron chi connectivity index (χ2n) is 4.01. The van der Waals surface area contributed by atoms with Gasteiger partial charge in [-0.3, -0.25) is 0 Å². The van der Waals surface area contributed by atoms with Gasteiger partial charge in [0.15, 0.2) is 0 Å². The predicted molar refractivity (Wildman–Crippen MR) is 79.4 cm³/mol. The molecule has 0 aromatic heterocycles. The highest BCUT2D eigenvalue weighted by molar-refractivity contribution is 9.10. The zero-order valence-corrected chi connectivity index (χ0v) is 12.7. The summed E-state index contributed by atoms with van der Waals surface area (Å²) in [6, 6.07) is 12.4. The fourth-order valence-electron chi connectivity index (χ4n) is 1.83. The van der Waals surface area contributed by atoms with E-state index < -0.39 is 0 Å². The molecule has 0 aliphatic rings. The highest BCUT2D eigenvalue weighted by atomic mass is 79.9. The third-order valence-corrected chi connectivity index (χ3v) is 3.82. The minimum Gasteiger partial charge on any atom is -0.494 e. The monoisotopic (exact) mass is 342 g/mol. The lowest BCUT2D eigenvalue weighted by atomic mass is 10.0. The van der Waals surface area contributed by atoms with Gasteiger partial charge in [-0.1, -0.05) is 24.3 Å². The van der Waals surface area contributed by atoms with E-state index >= 15 is 0 Å². The van der Waals surface area contributed by atoms with Crippen LogP contribution >= 0.6 is 27.5 Å². The van der Waals surface area contributed by atoms with Crippen molar-refractivity contribution in [3.63, 3.8) is 0 Å². The second-order valence-corrected chi connectivity index (χ2v) is 5.30. The lowest BCUT2D eigenvalue weighted by Crippen LogP contribution is -2.00. The summed E-state index contributed by atoms with van der Waals surface area (Å²) in [5.74, 6) is 0.455. The Hall–Kier alpha value is -1.06. The highest BCUT2D eigenvalue weighted by Crippen LogP contribution is 2.36. The molecule has 4 heteroatoms. The number of para-hydroxylation sites is 1. The molecule has 0 fully saturated rings. The van der Waals surface area contributed by atoms with E-state index in [-0.39, 0.29) is 11.2 Å². The highest BCUT2D eigenvalue weighted by Gasteiger charge is 2.16. The van der Waals surface area contributed by atoms with Crippen LogP contribution < -0.4 is 4.74 Å². The Kier molecular flexibility index (Phi) is 4.83. The van der Waals surface area contributed by atoms with Gasteiger partial charge in [-0.05, 0) is 46.6 Å². The van der Waals surface area contributed by atoms with E-state index in [0.29, 0.717) is 11.1 Å². The zero-order valence-electron chi connectivity index (χ0n) is 10.4. The minimum absolute atomic E-state index is 0.300. The lowest BCUT2D eigenvalue weighted by molar-refractivity contribution is 0.337. The van der Waals surface area contributed by atoms with E-state index in [2.05, 4.69) is 15.9 Å². The van der Waals surface area contributed by atoms with Crippen molar-refractivity contribution in [2.45, 2.75) is 12.3 Å². The number of halogens is 3. The van der Waals surface area contributed by atoms with Crippen LogP contribution in [0.2, 0.25) is 0 Å². The first-order valence-corrected chi connectivity index (χ1v) is 7.17. The quantitative estimate of drug-likeness (QED) is 0.683. The molecule has 0 heterocycles. The molecule has 19 heavy (non-hydrogen) atoms. The number of ether oxygens (including phenoxy) is 1. The summed E-state index contributed by atoms with van der Waals surface area (Å²) >= 11 is 9.64. The summed E-state index contributed by atoms with van der Waals surface area (Å²) in [5.41, 5.74) is 1.70. The molecule has 0 aliphatic heterocycles. The largest absolute Gasteiger partial charge is 0.494 e. The first-order chi connectivity index (χ1) is 9.13. The lowest BCUT2D eigenvalue weighted by Gasteiger charge is -2.15. The van der Waals surface area contributed by atoms with Crippen LogP contribution in [-0.2, 0) is 0 Å². The fourth-order valence-corrected chi connectivity index (χ4v) is 2.54. The molecular weight excluding hydrogens is 331 g/mol. The molecule has 0 radical (unpaired) electrons. The van der Waals surface area contributed by atoms with Crippen LogP contribution in [0, 0.1) is 5.82 Å². The molecule has 2 rings (SSSR count). The van der Waals surface area contributed by atoms with Gasteiger partial charge in [0.05, 0.1) is 16.5 Å². The maximum absolute atomic E-state index is 13.2. The Morgan fingerprint density at radius 3 is 2.68 bits per heavy atom. The van der Waals surface area contributed by atoms with E-state index in [1.54, 1.807) is 12.1 Å². The van der Waals surface area contributed by atoms with Gasteiger partial charge in [0.1, 0.15) is 11.6 Å². The van der Waals surface area contributed by atoms with E-state index in [0.717, 1.165) is 16.9 Å². The Bertz CT molecular complexity index is 574. The van der Waals surface area contributed by atoms with Crippen molar-refractivity contribution in [3.8, 4) is 5.75 Å².